The Balaban J connectivity index is 1.81. The van der Waals surface area contributed by atoms with Crippen molar-refractivity contribution in [1.82, 2.24) is 10.3 Å². The number of para-hydroxylation sites is 1. The molecule has 0 bridgehead atoms. The number of hydrogen-bond acceptors (Lipinski definition) is 3. The van der Waals surface area contributed by atoms with Gasteiger partial charge >= 0.3 is 0 Å². The molecule has 2 rings (SSSR count). The number of nitrogens with zero attached hydrogens (tertiary/aromatic N) is 2. The van der Waals surface area contributed by atoms with Crippen LogP contribution in [0.5, 0.6) is 0 Å². The molecule has 1 heterocycles. The van der Waals surface area contributed by atoms with Gasteiger partial charge in [0, 0.05) is 36.5 Å². The van der Waals surface area contributed by atoms with Crippen LogP contribution in [0.3, 0.4) is 0 Å². The second-order valence-electron chi connectivity index (χ2n) is 4.37. The number of amides is 1. The molecule has 1 aromatic heterocycles. The van der Waals surface area contributed by atoms with Gasteiger partial charge in [-0.15, -0.1) is 0 Å². The van der Waals surface area contributed by atoms with Crippen molar-refractivity contribution < 1.29 is 4.79 Å². The van der Waals surface area contributed by atoms with E-state index in [9.17, 15) is 4.79 Å². The lowest BCUT2D eigenvalue weighted by Crippen LogP contribution is -2.33. The molecule has 0 unspecified atom stereocenters. The molecule has 0 aliphatic rings. The molecule has 0 aliphatic heterocycles. The molecule has 1 amide bonds. The normalized spacial score (nSPS) is 10.1. The van der Waals surface area contributed by atoms with Crippen molar-refractivity contribution in [1.29, 1.82) is 0 Å². The van der Waals surface area contributed by atoms with Crippen molar-refractivity contribution in [3.05, 3.63) is 58.8 Å². The van der Waals surface area contributed by atoms with Gasteiger partial charge in [0.15, 0.2) is 0 Å². The molecule has 0 atom stereocenters. The minimum Gasteiger partial charge on any atom is -0.373 e. The predicted octanol–water partition coefficient (Wildman–Crippen LogP) is 2.71. The fourth-order valence-electron chi connectivity index (χ4n) is 1.75. The average molecular weight is 334 g/mol. The molecule has 1 aromatic carbocycles. The summed E-state index contributed by atoms with van der Waals surface area (Å²) in [6.07, 6.45) is 1.62. The molecular formula is C15H16BrN3O. The van der Waals surface area contributed by atoms with Gasteiger partial charge in [-0.3, -0.25) is 4.79 Å². The van der Waals surface area contributed by atoms with Crippen molar-refractivity contribution in [2.75, 3.05) is 25.0 Å². The number of halogens is 1. The molecule has 2 aromatic rings. The number of carbonyl (C=O) groups excluding carboxylic acids is 1. The van der Waals surface area contributed by atoms with E-state index in [1.165, 1.54) is 0 Å². The monoisotopic (exact) mass is 333 g/mol. The lowest BCUT2D eigenvalue weighted by molar-refractivity contribution is 0.0950. The first-order valence-electron chi connectivity index (χ1n) is 6.33. The van der Waals surface area contributed by atoms with Crippen molar-refractivity contribution in [3.8, 4) is 0 Å². The van der Waals surface area contributed by atoms with Crippen molar-refractivity contribution in [2.24, 2.45) is 0 Å². The molecule has 0 saturated heterocycles. The number of likely N-dealkylation sites (N-methyl/N-ethyl adjacent to an activating group) is 1. The third kappa shape index (κ3) is 4.06. The molecule has 0 spiro atoms. The van der Waals surface area contributed by atoms with E-state index in [1.54, 1.807) is 18.3 Å². The highest BCUT2D eigenvalue weighted by Gasteiger charge is 2.06. The van der Waals surface area contributed by atoms with E-state index >= 15 is 0 Å². The molecule has 0 radical (unpaired) electrons. The minimum absolute atomic E-state index is 0.154. The predicted molar refractivity (Wildman–Crippen MR) is 84.0 cm³/mol. The van der Waals surface area contributed by atoms with Crippen molar-refractivity contribution >= 4 is 27.5 Å². The zero-order valence-electron chi connectivity index (χ0n) is 11.2. The van der Waals surface area contributed by atoms with E-state index in [0.717, 1.165) is 16.7 Å². The molecule has 4 nitrogen and oxygen atoms in total. The first-order valence-corrected chi connectivity index (χ1v) is 7.12. The summed E-state index contributed by atoms with van der Waals surface area (Å²) in [7, 11) is 2.00. The van der Waals surface area contributed by atoms with Crippen LogP contribution in [0.4, 0.5) is 5.69 Å². The number of hydrogen-bond donors (Lipinski definition) is 1. The van der Waals surface area contributed by atoms with Gasteiger partial charge in [-0.1, -0.05) is 18.2 Å². The van der Waals surface area contributed by atoms with Crippen LogP contribution in [0.15, 0.2) is 53.1 Å². The summed E-state index contributed by atoms with van der Waals surface area (Å²) in [5, 5.41) is 2.86. The summed E-state index contributed by atoms with van der Waals surface area (Å²) in [6.45, 7) is 1.31. The first kappa shape index (κ1) is 14.5. The van der Waals surface area contributed by atoms with E-state index in [0.29, 0.717) is 12.2 Å². The standard InChI is InChI=1S/C15H16BrN3O/c1-19(13-5-3-2-4-6-13)10-9-17-15(20)14-8-7-12(16)11-18-14/h2-8,11H,9-10H2,1H3,(H,17,20). The van der Waals surface area contributed by atoms with E-state index in [2.05, 4.69) is 31.1 Å². The second-order valence-corrected chi connectivity index (χ2v) is 5.29. The largest absolute Gasteiger partial charge is 0.373 e. The third-order valence-corrected chi connectivity index (χ3v) is 3.36. The number of nitrogens with one attached hydrogen (secondary N) is 1. The third-order valence-electron chi connectivity index (χ3n) is 2.89. The Hall–Kier alpha value is -1.88. The second kappa shape index (κ2) is 7.05. The van der Waals surface area contributed by atoms with Gasteiger partial charge in [0.1, 0.15) is 5.69 Å². The highest BCUT2D eigenvalue weighted by molar-refractivity contribution is 9.10. The number of anilines is 1. The van der Waals surface area contributed by atoms with Crippen LogP contribution >= 0.6 is 15.9 Å². The van der Waals surface area contributed by atoms with E-state index in [4.69, 9.17) is 0 Å². The lowest BCUT2D eigenvalue weighted by Gasteiger charge is -2.19. The Morgan fingerprint density at radius 3 is 2.65 bits per heavy atom. The summed E-state index contributed by atoms with van der Waals surface area (Å²) >= 11 is 3.29. The summed E-state index contributed by atoms with van der Waals surface area (Å²) in [5.74, 6) is -0.154. The quantitative estimate of drug-likeness (QED) is 0.914. The van der Waals surface area contributed by atoms with Crippen LogP contribution in [0.25, 0.3) is 0 Å². The molecule has 0 saturated carbocycles. The zero-order chi connectivity index (χ0) is 14.4. The Labute approximate surface area is 127 Å². The Kier molecular flexibility index (Phi) is 5.12. The Bertz CT molecular complexity index is 557. The van der Waals surface area contributed by atoms with Crippen molar-refractivity contribution in [2.45, 2.75) is 0 Å². The first-order chi connectivity index (χ1) is 9.66. The number of aromatic nitrogens is 1. The smallest absolute Gasteiger partial charge is 0.269 e. The van der Waals surface area contributed by atoms with Crippen molar-refractivity contribution in [3.63, 3.8) is 0 Å². The fraction of sp³-hybridized carbons (Fsp3) is 0.200. The maximum atomic E-state index is 11.9. The molecule has 0 aliphatic carbocycles. The van der Waals surface area contributed by atoms with Crippen LogP contribution in [0.2, 0.25) is 0 Å². The Morgan fingerprint density at radius 1 is 1.25 bits per heavy atom. The molecule has 5 heteroatoms. The zero-order valence-corrected chi connectivity index (χ0v) is 12.8. The topological polar surface area (TPSA) is 45.2 Å². The van der Waals surface area contributed by atoms with Gasteiger partial charge in [-0.25, -0.2) is 4.98 Å². The van der Waals surface area contributed by atoms with Crippen LogP contribution in [-0.4, -0.2) is 31.0 Å². The highest BCUT2D eigenvalue weighted by Crippen LogP contribution is 2.10. The SMILES string of the molecule is CN(CCNC(=O)c1ccc(Br)cn1)c1ccccc1. The molecule has 1 N–H and O–H groups in total. The van der Waals surface area contributed by atoms with Gasteiger partial charge in [0.25, 0.3) is 5.91 Å². The van der Waals surface area contributed by atoms with Gasteiger partial charge in [-0.2, -0.15) is 0 Å². The van der Waals surface area contributed by atoms with Crippen LogP contribution in [-0.2, 0) is 0 Å². The molecule has 20 heavy (non-hydrogen) atoms. The molecule has 104 valence electrons. The maximum absolute atomic E-state index is 11.9. The van der Waals surface area contributed by atoms with Gasteiger partial charge in [0.05, 0.1) is 0 Å². The van der Waals surface area contributed by atoms with Crippen LogP contribution in [0, 0.1) is 0 Å². The van der Waals surface area contributed by atoms with Crippen LogP contribution < -0.4 is 10.2 Å². The maximum Gasteiger partial charge on any atom is 0.269 e. The molecular weight excluding hydrogens is 318 g/mol. The summed E-state index contributed by atoms with van der Waals surface area (Å²) in [6, 6.07) is 13.6. The summed E-state index contributed by atoms with van der Waals surface area (Å²) in [5.41, 5.74) is 1.55. The van der Waals surface area contributed by atoms with Crippen LogP contribution in [0.1, 0.15) is 10.5 Å². The number of pyridine rings is 1. The van der Waals surface area contributed by atoms with Gasteiger partial charge in [0.2, 0.25) is 0 Å². The average Bonchev–Trinajstić information content (AvgIpc) is 2.48. The van der Waals surface area contributed by atoms with E-state index in [1.807, 2.05) is 37.4 Å². The van der Waals surface area contributed by atoms with Gasteiger partial charge < -0.3 is 10.2 Å². The fourth-order valence-corrected chi connectivity index (χ4v) is 1.98. The number of benzene rings is 1. The van der Waals surface area contributed by atoms with E-state index < -0.39 is 0 Å². The lowest BCUT2D eigenvalue weighted by atomic mass is 10.3. The minimum atomic E-state index is -0.154. The molecule has 0 fully saturated rings. The number of rotatable bonds is 5. The summed E-state index contributed by atoms with van der Waals surface area (Å²) < 4.78 is 0.859. The highest BCUT2D eigenvalue weighted by atomic mass is 79.9. The Morgan fingerprint density at radius 2 is 2.00 bits per heavy atom. The summed E-state index contributed by atoms with van der Waals surface area (Å²) in [4.78, 5) is 18.0. The van der Waals surface area contributed by atoms with Gasteiger partial charge in [-0.05, 0) is 40.2 Å². The van der Waals surface area contributed by atoms with E-state index in [-0.39, 0.29) is 5.91 Å². The number of carbonyl (C=O) groups is 1.